The molecule has 2 rings (SSSR count). The monoisotopic (exact) mass is 352 g/mol. The Morgan fingerprint density at radius 2 is 1.54 bits per heavy atom. The van der Waals surface area contributed by atoms with Crippen LogP contribution < -0.4 is 0 Å². The fourth-order valence-electron chi connectivity index (χ4n) is 3.09. The molecule has 0 amide bonds. The number of rotatable bonds is 6. The van der Waals surface area contributed by atoms with Gasteiger partial charge < -0.3 is 0 Å². The highest BCUT2D eigenvalue weighted by molar-refractivity contribution is 5.52. The first-order valence-corrected chi connectivity index (χ1v) is 10.4. The number of hydrogen-bond acceptors (Lipinski definition) is 0. The molecule has 0 fully saturated rings. The van der Waals surface area contributed by atoms with Crippen molar-refractivity contribution >= 4 is 6.08 Å². The molecular weight excluding hydrogens is 312 g/mol. The highest BCUT2D eigenvalue weighted by atomic mass is 14.2. The first-order valence-electron chi connectivity index (χ1n) is 10.4. The minimum absolute atomic E-state index is 0.476. The normalized spacial score (nSPS) is 11.0. The van der Waals surface area contributed by atoms with Crippen LogP contribution in [0.5, 0.6) is 0 Å². The van der Waals surface area contributed by atoms with Crippen LogP contribution in [-0.2, 0) is 0 Å². The van der Waals surface area contributed by atoms with E-state index in [4.69, 9.17) is 0 Å². The molecule has 0 saturated heterocycles. The molecular formula is C26H40. The van der Waals surface area contributed by atoms with Gasteiger partial charge in [0.25, 0.3) is 0 Å². The molecule has 2 aromatic rings. The first kappa shape index (κ1) is 24.2. The van der Waals surface area contributed by atoms with Crippen molar-refractivity contribution in [3.05, 3.63) is 76.9 Å². The summed E-state index contributed by atoms with van der Waals surface area (Å²) in [4.78, 5) is 0. The minimum atomic E-state index is 0.476. The lowest BCUT2D eigenvalue weighted by Crippen LogP contribution is -2.04. The Morgan fingerprint density at radius 1 is 0.923 bits per heavy atom. The van der Waals surface area contributed by atoms with Gasteiger partial charge in [0.05, 0.1) is 0 Å². The van der Waals surface area contributed by atoms with Gasteiger partial charge in [0.1, 0.15) is 0 Å². The van der Waals surface area contributed by atoms with E-state index in [2.05, 4.69) is 76.7 Å². The quantitative estimate of drug-likeness (QED) is 0.487. The largest absolute Gasteiger partial charge is 0.0985 e. The molecule has 0 radical (unpaired) electrons. The molecule has 0 N–H and O–H groups in total. The molecule has 0 heterocycles. The van der Waals surface area contributed by atoms with Crippen molar-refractivity contribution in [3.8, 4) is 0 Å². The van der Waals surface area contributed by atoms with Crippen molar-refractivity contribution < 1.29 is 0 Å². The molecule has 0 aliphatic rings. The number of aryl methyl sites for hydroxylation is 1. The molecule has 0 spiro atoms. The highest BCUT2D eigenvalue weighted by Gasteiger charge is 2.16. The highest BCUT2D eigenvalue weighted by Crippen LogP contribution is 2.33. The topological polar surface area (TPSA) is 0 Å². The van der Waals surface area contributed by atoms with E-state index in [9.17, 15) is 0 Å². The van der Waals surface area contributed by atoms with Crippen LogP contribution in [0.2, 0.25) is 0 Å². The van der Waals surface area contributed by atoms with Crippen molar-refractivity contribution in [2.24, 2.45) is 0 Å². The number of benzene rings is 2. The van der Waals surface area contributed by atoms with E-state index in [0.29, 0.717) is 11.8 Å². The predicted molar refractivity (Wildman–Crippen MR) is 121 cm³/mol. The third-order valence-electron chi connectivity index (χ3n) is 4.47. The van der Waals surface area contributed by atoms with Gasteiger partial charge in [0, 0.05) is 5.92 Å². The fraction of sp³-hybridized carbons (Fsp3) is 0.462. The summed E-state index contributed by atoms with van der Waals surface area (Å²) in [6, 6.07) is 15.8. The maximum absolute atomic E-state index is 3.92. The second kappa shape index (κ2) is 13.4. The Kier molecular flexibility index (Phi) is 12.5. The number of hydrogen-bond donors (Lipinski definition) is 0. The maximum atomic E-state index is 3.92. The summed E-state index contributed by atoms with van der Waals surface area (Å²) in [5.74, 6) is 1.05. The van der Waals surface area contributed by atoms with Crippen LogP contribution in [0.15, 0.2) is 49.0 Å². The van der Waals surface area contributed by atoms with Gasteiger partial charge in [-0.25, -0.2) is 0 Å². The van der Waals surface area contributed by atoms with Gasteiger partial charge in [-0.1, -0.05) is 110 Å². The van der Waals surface area contributed by atoms with Crippen LogP contribution in [0.3, 0.4) is 0 Å². The van der Waals surface area contributed by atoms with E-state index in [1.165, 1.54) is 40.7 Å². The van der Waals surface area contributed by atoms with Crippen LogP contribution in [-0.4, -0.2) is 0 Å². The molecule has 0 saturated carbocycles. The third kappa shape index (κ3) is 6.83. The van der Waals surface area contributed by atoms with Crippen molar-refractivity contribution in [1.29, 1.82) is 0 Å². The molecule has 0 aliphatic carbocycles. The lowest BCUT2D eigenvalue weighted by Gasteiger charge is -2.21. The average molecular weight is 353 g/mol. The van der Waals surface area contributed by atoms with E-state index in [0.717, 1.165) is 0 Å². The molecule has 1 atom stereocenters. The zero-order chi connectivity index (χ0) is 20.1. The molecule has 0 aromatic heterocycles. The van der Waals surface area contributed by atoms with Gasteiger partial charge in [0.15, 0.2) is 0 Å². The Balaban J connectivity index is 0.00000146. The van der Waals surface area contributed by atoms with E-state index in [1.54, 1.807) is 0 Å². The first-order chi connectivity index (χ1) is 12.6. The fourth-order valence-corrected chi connectivity index (χ4v) is 3.09. The molecule has 0 bridgehead atoms. The average Bonchev–Trinajstić information content (AvgIpc) is 2.70. The zero-order valence-corrected chi connectivity index (χ0v) is 18.4. The summed E-state index contributed by atoms with van der Waals surface area (Å²) < 4.78 is 0. The molecule has 144 valence electrons. The Morgan fingerprint density at radius 3 is 2.08 bits per heavy atom. The van der Waals surface area contributed by atoms with Crippen LogP contribution in [0.1, 0.15) is 101 Å². The Hall–Kier alpha value is -1.82. The van der Waals surface area contributed by atoms with Gasteiger partial charge in [-0.2, -0.15) is 0 Å². The molecule has 1 unspecified atom stereocenters. The SMILES string of the molecule is C=Cc1ccc(C)c(C(CCC)c2cccc(C(C)C)c2)c1.CC.CC. The molecule has 0 aliphatic heterocycles. The standard InChI is InChI=1S/C22H28.2C2H6/c1-6-9-21(20-11-8-10-19(15-20)16(3)4)22-14-18(7-2)13-12-17(22)5;2*1-2/h7-8,10-16,21H,2,6,9H2,1,3-5H3;2*1-2H3. The molecule has 0 nitrogen and oxygen atoms in total. The van der Waals surface area contributed by atoms with Crippen molar-refractivity contribution in [2.75, 3.05) is 0 Å². The molecule has 2 aromatic carbocycles. The van der Waals surface area contributed by atoms with Gasteiger partial charge in [0.2, 0.25) is 0 Å². The van der Waals surface area contributed by atoms with Crippen LogP contribution in [0.25, 0.3) is 6.08 Å². The van der Waals surface area contributed by atoms with E-state index in [1.807, 2.05) is 33.8 Å². The molecule has 26 heavy (non-hydrogen) atoms. The van der Waals surface area contributed by atoms with E-state index < -0.39 is 0 Å². The summed E-state index contributed by atoms with van der Waals surface area (Å²) in [7, 11) is 0. The molecule has 0 heteroatoms. The summed E-state index contributed by atoms with van der Waals surface area (Å²) in [6.07, 6.45) is 4.31. The Bertz CT molecular complexity index is 634. The summed E-state index contributed by atoms with van der Waals surface area (Å²) in [5.41, 5.74) is 6.90. The lowest BCUT2D eigenvalue weighted by molar-refractivity contribution is 0.692. The van der Waals surface area contributed by atoms with Crippen molar-refractivity contribution in [2.45, 2.75) is 80.1 Å². The zero-order valence-electron chi connectivity index (χ0n) is 18.4. The summed E-state index contributed by atoms with van der Waals surface area (Å²) >= 11 is 0. The van der Waals surface area contributed by atoms with Crippen molar-refractivity contribution in [3.63, 3.8) is 0 Å². The lowest BCUT2D eigenvalue weighted by atomic mass is 9.83. The third-order valence-corrected chi connectivity index (χ3v) is 4.47. The van der Waals surface area contributed by atoms with E-state index in [-0.39, 0.29) is 0 Å². The summed E-state index contributed by atoms with van der Waals surface area (Å²) in [5, 5.41) is 0. The Labute approximate surface area is 163 Å². The van der Waals surface area contributed by atoms with Gasteiger partial charge >= 0.3 is 0 Å². The second-order valence-electron chi connectivity index (χ2n) is 6.49. The smallest absolute Gasteiger partial charge is 0.00921 e. The minimum Gasteiger partial charge on any atom is -0.0985 e. The van der Waals surface area contributed by atoms with E-state index >= 15 is 0 Å². The van der Waals surface area contributed by atoms with Gasteiger partial charge in [-0.05, 0) is 47.1 Å². The van der Waals surface area contributed by atoms with Gasteiger partial charge in [-0.15, -0.1) is 0 Å². The van der Waals surface area contributed by atoms with Crippen molar-refractivity contribution in [1.82, 2.24) is 0 Å². The predicted octanol–water partition coefficient (Wildman–Crippen LogP) is 8.75. The second-order valence-corrected chi connectivity index (χ2v) is 6.49. The van der Waals surface area contributed by atoms with Crippen LogP contribution >= 0.6 is 0 Å². The van der Waals surface area contributed by atoms with Crippen LogP contribution in [0, 0.1) is 6.92 Å². The maximum Gasteiger partial charge on any atom is 0.00921 e. The summed E-state index contributed by atoms with van der Waals surface area (Å²) in [6.45, 7) is 20.9. The van der Waals surface area contributed by atoms with Crippen LogP contribution in [0.4, 0.5) is 0 Å². The van der Waals surface area contributed by atoms with Gasteiger partial charge in [-0.3, -0.25) is 0 Å².